The summed E-state index contributed by atoms with van der Waals surface area (Å²) in [5, 5.41) is 10.8. The molecule has 2 aromatic rings. The van der Waals surface area contributed by atoms with Gasteiger partial charge in [-0.2, -0.15) is 0 Å². The molecule has 2 rings (SSSR count). The first kappa shape index (κ1) is 15.8. The molecule has 0 saturated carbocycles. The van der Waals surface area contributed by atoms with Gasteiger partial charge >= 0.3 is 29.6 Å². The third kappa shape index (κ3) is 4.39. The molecule has 19 heavy (non-hydrogen) atoms. The van der Waals surface area contributed by atoms with E-state index in [1.807, 2.05) is 30.3 Å². The number of carbonyl (C=O) groups excluding carboxylic acids is 1. The molecule has 0 radical (unpaired) electrons. The fraction of sp³-hybridized carbons (Fsp3) is 0.133. The number of rotatable bonds is 4. The van der Waals surface area contributed by atoms with Crippen LogP contribution in [0.1, 0.15) is 18.4 Å². The normalized spacial score (nSPS) is 11.2. The van der Waals surface area contributed by atoms with E-state index >= 15 is 0 Å². The van der Waals surface area contributed by atoms with E-state index in [2.05, 4.69) is 0 Å². The van der Waals surface area contributed by atoms with Crippen LogP contribution in [0, 0.1) is 0 Å². The zero-order chi connectivity index (χ0) is 13.0. The monoisotopic (exact) mass is 264 g/mol. The smallest absolute Gasteiger partial charge is 0.550 e. The van der Waals surface area contributed by atoms with Gasteiger partial charge in [0, 0.05) is 11.9 Å². The van der Waals surface area contributed by atoms with Gasteiger partial charge in [0.2, 0.25) is 0 Å². The minimum Gasteiger partial charge on any atom is -0.550 e. The quantitative estimate of drug-likeness (QED) is 0.689. The van der Waals surface area contributed by atoms with Gasteiger partial charge in [0.1, 0.15) is 11.5 Å². The van der Waals surface area contributed by atoms with Gasteiger partial charge in [-0.25, -0.2) is 0 Å². The van der Waals surface area contributed by atoms with Crippen LogP contribution in [0.3, 0.4) is 0 Å². The number of ether oxygens (including phenoxy) is 1. The fourth-order valence-corrected chi connectivity index (χ4v) is 1.61. The molecule has 0 saturated heterocycles. The second kappa shape index (κ2) is 7.34. The van der Waals surface area contributed by atoms with Crippen LogP contribution < -0.4 is 39.4 Å². The zero-order valence-corrected chi connectivity index (χ0v) is 13.0. The van der Waals surface area contributed by atoms with Crippen LogP contribution in [-0.2, 0) is 4.79 Å². The van der Waals surface area contributed by atoms with Gasteiger partial charge in [0.25, 0.3) is 0 Å². The maximum atomic E-state index is 10.8. The molecule has 3 nitrogen and oxygen atoms in total. The molecule has 0 aromatic heterocycles. The molecule has 1 unspecified atom stereocenters. The van der Waals surface area contributed by atoms with Crippen LogP contribution in [0.5, 0.6) is 11.5 Å². The molecule has 0 N–H and O–H groups in total. The predicted molar refractivity (Wildman–Crippen MR) is 66.4 cm³/mol. The van der Waals surface area contributed by atoms with Crippen molar-refractivity contribution in [3.8, 4) is 11.5 Å². The van der Waals surface area contributed by atoms with E-state index in [1.165, 1.54) is 0 Å². The summed E-state index contributed by atoms with van der Waals surface area (Å²) in [6, 6.07) is 16.4. The summed E-state index contributed by atoms with van der Waals surface area (Å²) < 4.78 is 5.64. The number of hydrogen-bond acceptors (Lipinski definition) is 3. The van der Waals surface area contributed by atoms with Gasteiger partial charge in [-0.15, -0.1) is 0 Å². The average Bonchev–Trinajstić information content (AvgIpc) is 2.39. The molecule has 0 fully saturated rings. The average molecular weight is 264 g/mol. The van der Waals surface area contributed by atoms with Crippen molar-refractivity contribution in [3.05, 3.63) is 60.2 Å². The predicted octanol–water partition coefficient (Wildman–Crippen LogP) is -0.664. The van der Waals surface area contributed by atoms with E-state index in [9.17, 15) is 9.90 Å². The number of hydrogen-bond donors (Lipinski definition) is 0. The van der Waals surface area contributed by atoms with Gasteiger partial charge in [-0.3, -0.25) is 0 Å². The molecule has 0 aliphatic rings. The van der Waals surface area contributed by atoms with Gasteiger partial charge < -0.3 is 14.6 Å². The van der Waals surface area contributed by atoms with E-state index < -0.39 is 11.9 Å². The Bertz CT molecular complexity index is 540. The van der Waals surface area contributed by atoms with Gasteiger partial charge in [-0.1, -0.05) is 37.3 Å². The van der Waals surface area contributed by atoms with Crippen molar-refractivity contribution >= 4 is 5.97 Å². The van der Waals surface area contributed by atoms with Gasteiger partial charge in [-0.05, 0) is 29.8 Å². The van der Waals surface area contributed by atoms with Crippen LogP contribution in [-0.4, -0.2) is 5.97 Å². The third-order valence-corrected chi connectivity index (χ3v) is 2.69. The molecule has 92 valence electrons. The number of carboxylic acid groups (broad SMARTS) is 1. The van der Waals surface area contributed by atoms with Crippen molar-refractivity contribution < 1.29 is 44.2 Å². The van der Waals surface area contributed by atoms with Crippen molar-refractivity contribution in [2.24, 2.45) is 0 Å². The molecule has 1 atom stereocenters. The minimum atomic E-state index is -1.09. The zero-order valence-electron chi connectivity index (χ0n) is 11.0. The first-order chi connectivity index (χ1) is 8.66. The molecule has 0 aliphatic carbocycles. The molecule has 4 heteroatoms. The van der Waals surface area contributed by atoms with Crippen molar-refractivity contribution in [2.75, 3.05) is 0 Å². The van der Waals surface area contributed by atoms with E-state index in [1.54, 1.807) is 31.2 Å². The van der Waals surface area contributed by atoms with Gasteiger partial charge in [0.15, 0.2) is 0 Å². The summed E-state index contributed by atoms with van der Waals surface area (Å²) in [6.45, 7) is 1.59. The Morgan fingerprint density at radius 1 is 1.05 bits per heavy atom. The van der Waals surface area contributed by atoms with E-state index in [-0.39, 0.29) is 29.6 Å². The maximum Gasteiger partial charge on any atom is 1.00 e. The summed E-state index contributed by atoms with van der Waals surface area (Å²) in [4.78, 5) is 10.8. The van der Waals surface area contributed by atoms with E-state index in [0.717, 1.165) is 5.75 Å². The second-order valence-corrected chi connectivity index (χ2v) is 4.03. The van der Waals surface area contributed by atoms with Crippen molar-refractivity contribution in [1.82, 2.24) is 0 Å². The molecule has 0 amide bonds. The Balaban J connectivity index is 0.00000180. The number of aliphatic carboxylic acids is 1. The minimum absolute atomic E-state index is 0. The molecular formula is C15H13NaO3. The Kier molecular flexibility index (Phi) is 6.09. The SMILES string of the molecule is CC(C(=O)[O-])c1cccc(Oc2ccccc2)c1.[Na+]. The molecule has 0 aliphatic heterocycles. The molecule has 0 heterocycles. The van der Waals surface area contributed by atoms with Crippen LogP contribution in [0.15, 0.2) is 54.6 Å². The summed E-state index contributed by atoms with van der Waals surface area (Å²) in [5.74, 6) is -0.404. The number of para-hydroxylation sites is 1. The Hall–Kier alpha value is -1.29. The van der Waals surface area contributed by atoms with Crippen LogP contribution in [0.2, 0.25) is 0 Å². The maximum absolute atomic E-state index is 10.8. The molecule has 0 spiro atoms. The molecule has 2 aromatic carbocycles. The number of carboxylic acids is 1. The largest absolute Gasteiger partial charge is 1.00 e. The summed E-state index contributed by atoms with van der Waals surface area (Å²) >= 11 is 0. The first-order valence-corrected chi connectivity index (χ1v) is 5.70. The topological polar surface area (TPSA) is 49.4 Å². The summed E-state index contributed by atoms with van der Waals surface area (Å²) in [5.41, 5.74) is 0.670. The second-order valence-electron chi connectivity index (χ2n) is 4.03. The fourth-order valence-electron chi connectivity index (χ4n) is 1.61. The standard InChI is InChI=1S/C15H14O3.Na/c1-11(15(16)17)12-6-5-9-14(10-12)18-13-7-3-2-4-8-13;/h2-11H,1H3,(H,16,17);/q;+1/p-1. The summed E-state index contributed by atoms with van der Waals surface area (Å²) in [6.07, 6.45) is 0. The van der Waals surface area contributed by atoms with Crippen molar-refractivity contribution in [2.45, 2.75) is 12.8 Å². The Labute approximate surface area is 134 Å². The molecule has 0 bridgehead atoms. The Morgan fingerprint density at radius 2 is 1.68 bits per heavy atom. The van der Waals surface area contributed by atoms with E-state index in [0.29, 0.717) is 11.3 Å². The van der Waals surface area contributed by atoms with E-state index in [4.69, 9.17) is 4.74 Å². The van der Waals surface area contributed by atoms with Crippen molar-refractivity contribution in [1.29, 1.82) is 0 Å². The number of benzene rings is 2. The van der Waals surface area contributed by atoms with Gasteiger partial charge in [0.05, 0.1) is 0 Å². The summed E-state index contributed by atoms with van der Waals surface area (Å²) in [7, 11) is 0. The van der Waals surface area contributed by atoms with Crippen LogP contribution >= 0.6 is 0 Å². The Morgan fingerprint density at radius 3 is 2.32 bits per heavy atom. The van der Waals surface area contributed by atoms with Crippen LogP contribution in [0.25, 0.3) is 0 Å². The van der Waals surface area contributed by atoms with Crippen LogP contribution in [0.4, 0.5) is 0 Å². The van der Waals surface area contributed by atoms with Crippen molar-refractivity contribution in [3.63, 3.8) is 0 Å². The molecular weight excluding hydrogens is 251 g/mol. The third-order valence-electron chi connectivity index (χ3n) is 2.69. The first-order valence-electron chi connectivity index (χ1n) is 5.70. The number of carbonyl (C=O) groups is 1.